The number of carbonyl (C=O) groups excluding carboxylic acids is 2. The number of furan rings is 1. The molecule has 3 amide bonds. The van der Waals surface area contributed by atoms with Gasteiger partial charge in [-0.25, -0.2) is 18.3 Å². The number of likely N-dealkylation sites (N-methyl/N-ethyl adjacent to an activating group) is 1. The Bertz CT molecular complexity index is 1280. The first kappa shape index (κ1) is 20.4. The molecule has 1 aromatic carbocycles. The van der Waals surface area contributed by atoms with E-state index in [0.717, 1.165) is 22.0 Å². The van der Waals surface area contributed by atoms with Gasteiger partial charge >= 0.3 is 12.0 Å². The lowest BCUT2D eigenvalue weighted by Crippen LogP contribution is -2.57. The van der Waals surface area contributed by atoms with Crippen LogP contribution in [0.2, 0.25) is 5.02 Å². The van der Waals surface area contributed by atoms with Crippen molar-refractivity contribution in [3.63, 3.8) is 0 Å². The van der Waals surface area contributed by atoms with Crippen LogP contribution >= 0.6 is 11.6 Å². The Kier molecular flexibility index (Phi) is 4.67. The molecule has 5 rings (SSSR count). The van der Waals surface area contributed by atoms with E-state index in [2.05, 4.69) is 4.99 Å². The molecule has 1 saturated heterocycles. The van der Waals surface area contributed by atoms with Crippen LogP contribution in [-0.2, 0) is 17.9 Å². The van der Waals surface area contributed by atoms with Crippen LogP contribution in [-0.4, -0.2) is 39.2 Å². The molecular formula is C22H20ClFN5O3+. The van der Waals surface area contributed by atoms with Gasteiger partial charge in [0.1, 0.15) is 29.5 Å². The molecule has 4 heterocycles. The van der Waals surface area contributed by atoms with Gasteiger partial charge in [-0.3, -0.25) is 14.6 Å². The van der Waals surface area contributed by atoms with Crippen molar-refractivity contribution in [2.45, 2.75) is 33.0 Å². The molecule has 0 radical (unpaired) electrons. The lowest BCUT2D eigenvalue weighted by atomic mass is 10.1. The normalized spacial score (nSPS) is 17.7. The van der Waals surface area contributed by atoms with Gasteiger partial charge in [0, 0.05) is 17.6 Å². The predicted octanol–water partition coefficient (Wildman–Crippen LogP) is 3.51. The van der Waals surface area contributed by atoms with Crippen molar-refractivity contribution in [3.8, 4) is 0 Å². The van der Waals surface area contributed by atoms with E-state index in [-0.39, 0.29) is 17.1 Å². The van der Waals surface area contributed by atoms with Gasteiger partial charge in [-0.15, -0.1) is 0 Å². The molecule has 0 N–H and O–H groups in total. The maximum atomic E-state index is 14.4. The number of carbonyl (C=O) groups is 2. The maximum Gasteiger partial charge on any atom is 0.402 e. The van der Waals surface area contributed by atoms with E-state index in [9.17, 15) is 14.0 Å². The van der Waals surface area contributed by atoms with Crippen LogP contribution in [0.3, 0.4) is 0 Å². The highest BCUT2D eigenvalue weighted by Crippen LogP contribution is 2.36. The van der Waals surface area contributed by atoms with Crippen LogP contribution in [0.5, 0.6) is 0 Å². The SMILES string of the molecule is Cc1c(C)[n+](Cc2ccco2)c2n1C1C(=O)N(Cc3c(F)cccc3Cl)C(=O)N(C)C1=N2. The molecule has 2 aliphatic heterocycles. The number of halogens is 2. The van der Waals surface area contributed by atoms with Crippen molar-refractivity contribution in [2.75, 3.05) is 7.05 Å². The monoisotopic (exact) mass is 456 g/mol. The predicted molar refractivity (Wildman–Crippen MR) is 113 cm³/mol. The minimum Gasteiger partial charge on any atom is -0.466 e. The Hall–Kier alpha value is -3.46. The molecule has 1 fully saturated rings. The van der Waals surface area contributed by atoms with Crippen molar-refractivity contribution < 1.29 is 23.0 Å². The van der Waals surface area contributed by atoms with Crippen LogP contribution in [0.1, 0.15) is 28.8 Å². The molecule has 1 unspecified atom stereocenters. The second kappa shape index (κ2) is 7.30. The molecule has 0 bridgehead atoms. The number of amidine groups is 1. The van der Waals surface area contributed by atoms with Gasteiger partial charge in [0.05, 0.1) is 12.8 Å². The lowest BCUT2D eigenvalue weighted by molar-refractivity contribution is -0.682. The molecule has 10 heteroatoms. The maximum absolute atomic E-state index is 14.4. The summed E-state index contributed by atoms with van der Waals surface area (Å²) in [6.07, 6.45) is 1.60. The smallest absolute Gasteiger partial charge is 0.402 e. The number of nitrogens with zero attached hydrogens (tertiary/aromatic N) is 5. The first-order valence-corrected chi connectivity index (χ1v) is 10.4. The number of amides is 3. The summed E-state index contributed by atoms with van der Waals surface area (Å²) in [6, 6.07) is 6.52. The zero-order valence-electron chi connectivity index (χ0n) is 17.7. The molecule has 0 spiro atoms. The van der Waals surface area contributed by atoms with Crippen molar-refractivity contribution in [2.24, 2.45) is 4.99 Å². The molecular weight excluding hydrogens is 437 g/mol. The second-order valence-corrected chi connectivity index (χ2v) is 8.25. The molecule has 3 aromatic rings. The fraction of sp³-hybridized carbons (Fsp3) is 0.273. The van der Waals surface area contributed by atoms with Crippen LogP contribution in [0.4, 0.5) is 15.1 Å². The number of imidazole rings is 1. The first-order valence-electron chi connectivity index (χ1n) is 10.0. The number of hydrogen-bond donors (Lipinski definition) is 0. The summed E-state index contributed by atoms with van der Waals surface area (Å²) >= 11 is 6.15. The average Bonchev–Trinajstić information content (AvgIpc) is 3.46. The highest BCUT2D eigenvalue weighted by atomic mass is 35.5. The third-order valence-electron chi connectivity index (χ3n) is 6.10. The largest absolute Gasteiger partial charge is 0.466 e. The fourth-order valence-corrected chi connectivity index (χ4v) is 4.46. The molecule has 1 atom stereocenters. The van der Waals surface area contributed by atoms with E-state index in [0.29, 0.717) is 18.3 Å². The van der Waals surface area contributed by atoms with Crippen LogP contribution in [0.15, 0.2) is 46.0 Å². The Morgan fingerprint density at radius 3 is 2.69 bits per heavy atom. The van der Waals surface area contributed by atoms with Gasteiger partial charge in [0.2, 0.25) is 11.9 Å². The topological polar surface area (TPSA) is 74.9 Å². The number of aromatic nitrogens is 2. The van der Waals surface area contributed by atoms with Crippen molar-refractivity contribution >= 4 is 35.3 Å². The van der Waals surface area contributed by atoms with Crippen LogP contribution in [0.25, 0.3) is 0 Å². The second-order valence-electron chi connectivity index (χ2n) is 7.85. The number of benzene rings is 1. The minimum atomic E-state index is -0.824. The van der Waals surface area contributed by atoms with E-state index in [4.69, 9.17) is 16.0 Å². The Labute approximate surface area is 188 Å². The minimum absolute atomic E-state index is 0.0937. The fourth-order valence-electron chi connectivity index (χ4n) is 4.24. The molecule has 32 heavy (non-hydrogen) atoms. The summed E-state index contributed by atoms with van der Waals surface area (Å²) in [5.41, 5.74) is 1.86. The number of fused-ring (bicyclic) bond motifs is 3. The molecule has 8 nitrogen and oxygen atoms in total. The Balaban J connectivity index is 1.57. The van der Waals surface area contributed by atoms with Gasteiger partial charge in [-0.05, 0) is 38.1 Å². The molecule has 164 valence electrons. The lowest BCUT2D eigenvalue weighted by Gasteiger charge is -2.33. The summed E-state index contributed by atoms with van der Waals surface area (Å²) < 4.78 is 23.6. The highest BCUT2D eigenvalue weighted by Gasteiger charge is 2.54. The Morgan fingerprint density at radius 2 is 2.00 bits per heavy atom. The third kappa shape index (κ3) is 2.88. The van der Waals surface area contributed by atoms with E-state index in [1.54, 1.807) is 13.3 Å². The van der Waals surface area contributed by atoms with E-state index >= 15 is 0 Å². The van der Waals surface area contributed by atoms with Gasteiger partial charge in [-0.2, -0.15) is 0 Å². The van der Waals surface area contributed by atoms with Gasteiger partial charge in [0.15, 0.2) is 0 Å². The third-order valence-corrected chi connectivity index (χ3v) is 6.45. The zero-order valence-corrected chi connectivity index (χ0v) is 18.4. The zero-order chi connectivity index (χ0) is 22.7. The number of hydrogen-bond acceptors (Lipinski definition) is 4. The van der Waals surface area contributed by atoms with E-state index < -0.39 is 23.8 Å². The Morgan fingerprint density at radius 1 is 1.22 bits per heavy atom. The van der Waals surface area contributed by atoms with Crippen LogP contribution < -0.4 is 4.57 Å². The number of aliphatic imine (C=N–C) groups is 1. The van der Waals surface area contributed by atoms with Gasteiger partial charge in [-0.1, -0.05) is 22.7 Å². The highest BCUT2D eigenvalue weighted by molar-refractivity contribution is 6.31. The molecule has 2 aliphatic rings. The summed E-state index contributed by atoms with van der Waals surface area (Å²) in [7, 11) is 1.56. The van der Waals surface area contributed by atoms with E-state index in [1.165, 1.54) is 23.1 Å². The summed E-state index contributed by atoms with van der Waals surface area (Å²) in [5, 5.41) is 0.157. The molecule has 0 saturated carbocycles. The van der Waals surface area contributed by atoms with Crippen molar-refractivity contribution in [1.82, 2.24) is 14.4 Å². The molecule has 2 aromatic heterocycles. The first-order chi connectivity index (χ1) is 15.3. The average molecular weight is 457 g/mol. The summed E-state index contributed by atoms with van der Waals surface area (Å²) in [6.45, 7) is 4.01. The van der Waals surface area contributed by atoms with Gasteiger partial charge < -0.3 is 4.42 Å². The van der Waals surface area contributed by atoms with Crippen molar-refractivity contribution in [3.05, 3.63) is 70.1 Å². The van der Waals surface area contributed by atoms with Crippen LogP contribution in [0, 0.1) is 19.7 Å². The summed E-state index contributed by atoms with van der Waals surface area (Å²) in [4.78, 5) is 33.6. The number of imide groups is 1. The van der Waals surface area contributed by atoms with Gasteiger partial charge in [0.25, 0.3) is 5.91 Å². The summed E-state index contributed by atoms with van der Waals surface area (Å²) in [5.74, 6) is 0.579. The van der Waals surface area contributed by atoms with Crippen molar-refractivity contribution in [1.29, 1.82) is 0 Å². The number of rotatable bonds is 4. The number of urea groups is 1. The quantitative estimate of drug-likeness (QED) is 0.564. The van der Waals surface area contributed by atoms with E-state index in [1.807, 2.05) is 35.1 Å². The standard InChI is InChI=1S/C22H20ClFN5O3/c1-12-13(2)29-18-19(25-21(29)27(12)10-14-6-5-9-32-14)26(3)22(31)28(20(18)30)11-15-16(23)7-4-8-17(15)24/h4-9,18H,10-11H2,1-3H3/q+1. The molecule has 0 aliphatic carbocycles.